The number of rotatable bonds is 4. The van der Waals surface area contributed by atoms with E-state index in [4.69, 9.17) is 0 Å². The van der Waals surface area contributed by atoms with Crippen LogP contribution in [0, 0.1) is 6.92 Å². The molecule has 108 valence electrons. The van der Waals surface area contributed by atoms with Gasteiger partial charge < -0.3 is 9.88 Å². The Kier molecular flexibility index (Phi) is 3.66. The molecule has 2 aromatic rings. The first kappa shape index (κ1) is 13.4. The average Bonchev–Trinajstić information content (AvgIpc) is 3.01. The largest absolute Gasteiger partial charge is 0.348 e. The molecule has 1 atom stereocenters. The Morgan fingerprint density at radius 3 is 3.00 bits per heavy atom. The lowest BCUT2D eigenvalue weighted by molar-refractivity contribution is 0.498. The number of nitrogens with one attached hydrogen (secondary N) is 1. The molecule has 0 aromatic carbocycles. The first-order chi connectivity index (χ1) is 9.71. The number of aromatic nitrogens is 3. The molecule has 3 rings (SSSR count). The summed E-state index contributed by atoms with van der Waals surface area (Å²) in [6.07, 6.45) is 8.39. The number of hydrogen-bond donors (Lipinski definition) is 1. The monoisotopic (exact) mass is 272 g/mol. The van der Waals surface area contributed by atoms with Crippen molar-refractivity contribution in [2.45, 2.75) is 52.2 Å². The lowest BCUT2D eigenvalue weighted by Crippen LogP contribution is -2.20. The second-order valence-electron chi connectivity index (χ2n) is 5.74. The van der Waals surface area contributed by atoms with E-state index in [-0.39, 0.29) is 0 Å². The van der Waals surface area contributed by atoms with E-state index in [1.54, 1.807) is 0 Å². The van der Waals surface area contributed by atoms with Gasteiger partial charge >= 0.3 is 0 Å². The molecule has 0 saturated carbocycles. The van der Waals surface area contributed by atoms with Crippen molar-refractivity contribution in [3.63, 3.8) is 0 Å². The summed E-state index contributed by atoms with van der Waals surface area (Å²) in [6, 6.07) is 2.72. The van der Waals surface area contributed by atoms with Crippen LogP contribution in [-0.4, -0.2) is 21.4 Å². The third kappa shape index (κ3) is 2.40. The van der Waals surface area contributed by atoms with Crippen molar-refractivity contribution in [3.05, 3.63) is 41.0 Å². The fourth-order valence-corrected chi connectivity index (χ4v) is 3.33. The quantitative estimate of drug-likeness (QED) is 0.928. The lowest BCUT2D eigenvalue weighted by Gasteiger charge is -2.21. The molecule has 4 heteroatoms. The van der Waals surface area contributed by atoms with Gasteiger partial charge in [0, 0.05) is 25.0 Å². The summed E-state index contributed by atoms with van der Waals surface area (Å²) in [4.78, 5) is 0. The Hall–Kier alpha value is -1.55. The van der Waals surface area contributed by atoms with Crippen LogP contribution < -0.4 is 5.32 Å². The third-order valence-electron chi connectivity index (χ3n) is 4.29. The summed E-state index contributed by atoms with van der Waals surface area (Å²) < 4.78 is 4.42. The molecule has 1 unspecified atom stereocenters. The molecular formula is C16H24N4. The van der Waals surface area contributed by atoms with E-state index in [1.807, 2.05) is 0 Å². The fraction of sp³-hybridized carbons (Fsp3) is 0.562. The summed E-state index contributed by atoms with van der Waals surface area (Å²) >= 11 is 0. The molecule has 0 saturated heterocycles. The van der Waals surface area contributed by atoms with Gasteiger partial charge in [-0.25, -0.2) is 0 Å². The zero-order valence-corrected chi connectivity index (χ0v) is 12.7. The Labute approximate surface area is 120 Å². The first-order valence-corrected chi connectivity index (χ1v) is 7.60. The highest BCUT2D eigenvalue weighted by Gasteiger charge is 2.20. The maximum atomic E-state index is 4.53. The van der Waals surface area contributed by atoms with Gasteiger partial charge in [-0.15, -0.1) is 0 Å². The number of fused-ring (bicyclic) bond motifs is 1. The van der Waals surface area contributed by atoms with Gasteiger partial charge in [0.2, 0.25) is 0 Å². The van der Waals surface area contributed by atoms with Crippen LogP contribution in [0.3, 0.4) is 0 Å². The minimum Gasteiger partial charge on any atom is -0.348 e. The van der Waals surface area contributed by atoms with E-state index in [9.17, 15) is 0 Å². The van der Waals surface area contributed by atoms with Gasteiger partial charge in [0.05, 0.1) is 17.9 Å². The molecule has 2 heterocycles. The molecule has 0 fully saturated rings. The van der Waals surface area contributed by atoms with Crippen LogP contribution in [0.4, 0.5) is 0 Å². The van der Waals surface area contributed by atoms with Crippen LogP contribution in [0.1, 0.15) is 48.3 Å². The lowest BCUT2D eigenvalue weighted by atomic mass is 9.91. The van der Waals surface area contributed by atoms with Crippen LogP contribution in [0.25, 0.3) is 0 Å². The van der Waals surface area contributed by atoms with Gasteiger partial charge in [0.15, 0.2) is 0 Å². The minimum absolute atomic E-state index is 0.526. The van der Waals surface area contributed by atoms with Crippen LogP contribution in [-0.2, 0) is 19.5 Å². The van der Waals surface area contributed by atoms with Crippen molar-refractivity contribution >= 4 is 0 Å². The molecule has 0 radical (unpaired) electrons. The van der Waals surface area contributed by atoms with Gasteiger partial charge in [0.25, 0.3) is 0 Å². The molecule has 1 aliphatic rings. The van der Waals surface area contributed by atoms with Gasteiger partial charge in [-0.2, -0.15) is 5.10 Å². The fourth-order valence-electron chi connectivity index (χ4n) is 3.33. The van der Waals surface area contributed by atoms with Crippen molar-refractivity contribution in [1.82, 2.24) is 19.7 Å². The normalized spacial score (nSPS) is 18.2. The molecule has 4 nitrogen and oxygen atoms in total. The summed E-state index contributed by atoms with van der Waals surface area (Å²) in [6.45, 7) is 6.06. The van der Waals surface area contributed by atoms with E-state index in [1.165, 1.54) is 36.1 Å². The highest BCUT2D eigenvalue weighted by Crippen LogP contribution is 2.30. The third-order valence-corrected chi connectivity index (χ3v) is 4.29. The van der Waals surface area contributed by atoms with Crippen molar-refractivity contribution in [2.24, 2.45) is 0 Å². The van der Waals surface area contributed by atoms with Crippen molar-refractivity contribution in [1.29, 1.82) is 0 Å². The number of aryl methyl sites for hydroxylation is 3. The zero-order chi connectivity index (χ0) is 14.1. The van der Waals surface area contributed by atoms with Crippen LogP contribution in [0.2, 0.25) is 0 Å². The van der Waals surface area contributed by atoms with Gasteiger partial charge in [-0.3, -0.25) is 4.68 Å². The highest BCUT2D eigenvalue weighted by atomic mass is 15.3. The smallest absolute Gasteiger partial charge is 0.0639 e. The molecule has 20 heavy (non-hydrogen) atoms. The summed E-state index contributed by atoms with van der Waals surface area (Å²) in [5.41, 5.74) is 5.39. The Morgan fingerprint density at radius 1 is 1.40 bits per heavy atom. The van der Waals surface area contributed by atoms with Gasteiger partial charge in [-0.1, -0.05) is 0 Å². The van der Waals surface area contributed by atoms with Gasteiger partial charge in [-0.05, 0) is 57.4 Å². The molecule has 1 N–H and O–H groups in total. The van der Waals surface area contributed by atoms with E-state index in [0.29, 0.717) is 6.04 Å². The van der Waals surface area contributed by atoms with Crippen LogP contribution in [0.15, 0.2) is 18.5 Å². The van der Waals surface area contributed by atoms with Crippen molar-refractivity contribution in [2.75, 3.05) is 7.05 Å². The topological polar surface area (TPSA) is 34.8 Å². The van der Waals surface area contributed by atoms with Crippen LogP contribution >= 0.6 is 0 Å². The van der Waals surface area contributed by atoms with E-state index < -0.39 is 0 Å². The predicted octanol–water partition coefficient (Wildman–Crippen LogP) is 2.66. The predicted molar refractivity (Wildman–Crippen MR) is 80.9 cm³/mol. The average molecular weight is 272 g/mol. The first-order valence-electron chi connectivity index (χ1n) is 7.60. The Morgan fingerprint density at radius 2 is 2.25 bits per heavy atom. The van der Waals surface area contributed by atoms with E-state index >= 15 is 0 Å². The Balaban J connectivity index is 1.86. The summed E-state index contributed by atoms with van der Waals surface area (Å²) in [5, 5.41) is 7.96. The second-order valence-corrected chi connectivity index (χ2v) is 5.74. The van der Waals surface area contributed by atoms with Crippen LogP contribution in [0.5, 0.6) is 0 Å². The minimum atomic E-state index is 0.526. The molecular weight excluding hydrogens is 248 g/mol. The Bertz CT molecular complexity index is 594. The maximum absolute atomic E-state index is 4.53. The molecule has 0 bridgehead atoms. The molecule has 1 aliphatic carbocycles. The van der Waals surface area contributed by atoms with Gasteiger partial charge in [0.1, 0.15) is 0 Å². The standard InChI is InChI=1S/C16H24N4/c1-4-20-14(8-12(2)18-20)10-19-9-13-6-5-7-16(17-3)15(13)11-19/h8-9,11,16-17H,4-7,10H2,1-3H3. The maximum Gasteiger partial charge on any atom is 0.0639 e. The van der Waals surface area contributed by atoms with E-state index in [0.717, 1.165) is 18.8 Å². The molecule has 0 amide bonds. The second kappa shape index (κ2) is 5.44. The summed E-state index contributed by atoms with van der Waals surface area (Å²) in [7, 11) is 2.06. The van der Waals surface area contributed by atoms with E-state index in [2.05, 4.69) is 59.0 Å². The van der Waals surface area contributed by atoms with Crippen molar-refractivity contribution < 1.29 is 0 Å². The SMILES string of the molecule is CCn1nc(C)cc1Cn1cc2c(c1)C(NC)CCC2. The molecule has 0 spiro atoms. The zero-order valence-electron chi connectivity index (χ0n) is 12.7. The van der Waals surface area contributed by atoms with Crippen molar-refractivity contribution in [3.8, 4) is 0 Å². The molecule has 2 aromatic heterocycles. The highest BCUT2D eigenvalue weighted by molar-refractivity contribution is 5.30. The molecule has 0 aliphatic heterocycles. The summed E-state index contributed by atoms with van der Waals surface area (Å²) in [5.74, 6) is 0. The number of hydrogen-bond acceptors (Lipinski definition) is 2. The number of nitrogens with zero attached hydrogens (tertiary/aromatic N) is 3.